The molecule has 0 heterocycles. The lowest BCUT2D eigenvalue weighted by Crippen LogP contribution is -2.41. The van der Waals surface area contributed by atoms with Crippen LogP contribution in [0.25, 0.3) is 0 Å². The molecular formula is C15H21F2NO3. The summed E-state index contributed by atoms with van der Waals surface area (Å²) in [6, 6.07) is 6.48. The molecule has 21 heavy (non-hydrogen) atoms. The Balaban J connectivity index is 3.18. The SMILES string of the molecule is CCOC(=O)CC(C)(c1ccccc1OC(F)F)N(C)C. The molecule has 4 nitrogen and oxygen atoms in total. The van der Waals surface area contributed by atoms with Gasteiger partial charge in [0, 0.05) is 5.56 Å². The number of hydrogen-bond donors (Lipinski definition) is 0. The average Bonchev–Trinajstić information content (AvgIpc) is 2.38. The normalized spacial score (nSPS) is 14.1. The highest BCUT2D eigenvalue weighted by Crippen LogP contribution is 2.37. The van der Waals surface area contributed by atoms with Crippen molar-refractivity contribution in [3.05, 3.63) is 29.8 Å². The third-order valence-corrected chi connectivity index (χ3v) is 3.46. The smallest absolute Gasteiger partial charge is 0.387 e. The van der Waals surface area contributed by atoms with E-state index in [-0.39, 0.29) is 24.7 Å². The Morgan fingerprint density at radius 3 is 2.48 bits per heavy atom. The molecule has 0 fully saturated rings. The van der Waals surface area contributed by atoms with Crippen molar-refractivity contribution in [2.24, 2.45) is 0 Å². The Hall–Kier alpha value is -1.69. The van der Waals surface area contributed by atoms with E-state index in [1.807, 2.05) is 0 Å². The first-order valence-electron chi connectivity index (χ1n) is 6.68. The Morgan fingerprint density at radius 2 is 1.95 bits per heavy atom. The Morgan fingerprint density at radius 1 is 1.33 bits per heavy atom. The van der Waals surface area contributed by atoms with E-state index in [1.54, 1.807) is 51.0 Å². The quantitative estimate of drug-likeness (QED) is 0.726. The molecule has 0 aliphatic carbocycles. The molecule has 0 aromatic heterocycles. The minimum atomic E-state index is -2.92. The van der Waals surface area contributed by atoms with E-state index in [0.29, 0.717) is 5.56 Å². The molecule has 1 rings (SSSR count). The van der Waals surface area contributed by atoms with Crippen molar-refractivity contribution in [2.45, 2.75) is 32.4 Å². The highest BCUT2D eigenvalue weighted by molar-refractivity contribution is 5.71. The van der Waals surface area contributed by atoms with E-state index >= 15 is 0 Å². The van der Waals surface area contributed by atoms with Crippen LogP contribution in [0.15, 0.2) is 24.3 Å². The van der Waals surface area contributed by atoms with Crippen LogP contribution in [0.1, 0.15) is 25.8 Å². The van der Waals surface area contributed by atoms with Crippen molar-refractivity contribution in [1.82, 2.24) is 4.90 Å². The number of carbonyl (C=O) groups excluding carboxylic acids is 1. The second kappa shape index (κ2) is 7.36. The maximum atomic E-state index is 12.5. The monoisotopic (exact) mass is 301 g/mol. The van der Waals surface area contributed by atoms with Crippen LogP contribution in [0.2, 0.25) is 0 Å². The summed E-state index contributed by atoms with van der Waals surface area (Å²) in [6.45, 7) is 0.869. The molecule has 0 aliphatic rings. The highest BCUT2D eigenvalue weighted by atomic mass is 19.3. The van der Waals surface area contributed by atoms with E-state index < -0.39 is 12.2 Å². The van der Waals surface area contributed by atoms with Gasteiger partial charge in [-0.3, -0.25) is 9.69 Å². The van der Waals surface area contributed by atoms with Crippen LogP contribution in [0.5, 0.6) is 5.75 Å². The van der Waals surface area contributed by atoms with E-state index in [4.69, 9.17) is 4.74 Å². The summed E-state index contributed by atoms with van der Waals surface area (Å²) in [5.74, 6) is -0.325. The fourth-order valence-electron chi connectivity index (χ4n) is 2.10. The molecule has 6 heteroatoms. The number of para-hydroxylation sites is 1. The largest absolute Gasteiger partial charge is 0.466 e. The summed E-state index contributed by atoms with van der Waals surface area (Å²) in [5, 5.41) is 0. The van der Waals surface area contributed by atoms with Gasteiger partial charge in [0.05, 0.1) is 18.6 Å². The predicted octanol–water partition coefficient (Wildman–Crippen LogP) is 3.02. The van der Waals surface area contributed by atoms with Gasteiger partial charge in [0.1, 0.15) is 5.75 Å². The summed E-state index contributed by atoms with van der Waals surface area (Å²) in [5.41, 5.74) is -0.291. The van der Waals surface area contributed by atoms with Crippen molar-refractivity contribution in [3.8, 4) is 5.75 Å². The molecule has 1 atom stereocenters. The summed E-state index contributed by atoms with van der Waals surface area (Å²) in [4.78, 5) is 13.6. The van der Waals surface area contributed by atoms with Gasteiger partial charge in [0.15, 0.2) is 0 Å². The van der Waals surface area contributed by atoms with Gasteiger partial charge in [0.2, 0.25) is 0 Å². The van der Waals surface area contributed by atoms with Gasteiger partial charge in [0.25, 0.3) is 0 Å². The zero-order valence-electron chi connectivity index (χ0n) is 12.7. The van der Waals surface area contributed by atoms with Crippen LogP contribution in [0.3, 0.4) is 0 Å². The van der Waals surface area contributed by atoms with Crippen molar-refractivity contribution < 1.29 is 23.0 Å². The van der Waals surface area contributed by atoms with Crippen LogP contribution in [0, 0.1) is 0 Å². The summed E-state index contributed by atoms with van der Waals surface area (Å²) in [7, 11) is 3.55. The zero-order valence-corrected chi connectivity index (χ0v) is 12.7. The minimum Gasteiger partial charge on any atom is -0.466 e. The summed E-state index contributed by atoms with van der Waals surface area (Å²) >= 11 is 0. The first-order valence-corrected chi connectivity index (χ1v) is 6.68. The van der Waals surface area contributed by atoms with E-state index in [9.17, 15) is 13.6 Å². The molecule has 0 bridgehead atoms. The van der Waals surface area contributed by atoms with Crippen molar-refractivity contribution in [3.63, 3.8) is 0 Å². The van der Waals surface area contributed by atoms with Gasteiger partial charge >= 0.3 is 12.6 Å². The number of carbonyl (C=O) groups is 1. The lowest BCUT2D eigenvalue weighted by molar-refractivity contribution is -0.146. The standard InChI is InChI=1S/C15H21F2NO3/c1-5-20-13(19)10-15(2,18(3)4)11-8-6-7-9-12(11)21-14(16)17/h6-9,14H,5,10H2,1-4H3. The summed E-state index contributed by atoms with van der Waals surface area (Å²) < 4.78 is 34.6. The minimum absolute atomic E-state index is 0.0391. The third kappa shape index (κ3) is 4.39. The van der Waals surface area contributed by atoms with Gasteiger partial charge in [-0.25, -0.2) is 0 Å². The fraction of sp³-hybridized carbons (Fsp3) is 0.533. The number of halogens is 2. The average molecular weight is 301 g/mol. The summed E-state index contributed by atoms with van der Waals surface area (Å²) in [6.07, 6.45) is 0.0391. The number of hydrogen-bond acceptors (Lipinski definition) is 4. The molecule has 1 aromatic carbocycles. The third-order valence-electron chi connectivity index (χ3n) is 3.46. The maximum Gasteiger partial charge on any atom is 0.387 e. The van der Waals surface area contributed by atoms with Crippen LogP contribution in [0.4, 0.5) is 8.78 Å². The molecular weight excluding hydrogens is 280 g/mol. The molecule has 0 amide bonds. The molecule has 1 aromatic rings. The predicted molar refractivity (Wildman–Crippen MR) is 75.4 cm³/mol. The number of ether oxygens (including phenoxy) is 2. The van der Waals surface area contributed by atoms with Crippen molar-refractivity contribution in [2.75, 3.05) is 20.7 Å². The van der Waals surface area contributed by atoms with Crippen molar-refractivity contribution in [1.29, 1.82) is 0 Å². The van der Waals surface area contributed by atoms with Crippen LogP contribution < -0.4 is 4.74 Å². The van der Waals surface area contributed by atoms with E-state index in [1.165, 1.54) is 6.07 Å². The molecule has 0 spiro atoms. The van der Waals surface area contributed by atoms with Gasteiger partial charge < -0.3 is 9.47 Å². The molecule has 0 saturated carbocycles. The molecule has 0 radical (unpaired) electrons. The van der Waals surface area contributed by atoms with Crippen LogP contribution >= 0.6 is 0 Å². The lowest BCUT2D eigenvalue weighted by atomic mass is 9.86. The molecule has 118 valence electrons. The maximum absolute atomic E-state index is 12.5. The zero-order chi connectivity index (χ0) is 16.0. The topological polar surface area (TPSA) is 38.8 Å². The second-order valence-electron chi connectivity index (χ2n) is 5.02. The van der Waals surface area contributed by atoms with E-state index in [2.05, 4.69) is 4.74 Å². The molecule has 0 aliphatic heterocycles. The number of nitrogens with zero attached hydrogens (tertiary/aromatic N) is 1. The number of esters is 1. The number of alkyl halides is 2. The first-order chi connectivity index (χ1) is 9.81. The Bertz CT molecular complexity index is 480. The number of benzene rings is 1. The first kappa shape index (κ1) is 17.4. The Labute approximate surface area is 123 Å². The molecule has 0 saturated heterocycles. The van der Waals surface area contributed by atoms with E-state index in [0.717, 1.165) is 0 Å². The van der Waals surface area contributed by atoms with Gasteiger partial charge in [-0.05, 0) is 34.0 Å². The van der Waals surface area contributed by atoms with Gasteiger partial charge in [-0.1, -0.05) is 18.2 Å². The second-order valence-corrected chi connectivity index (χ2v) is 5.02. The van der Waals surface area contributed by atoms with Crippen molar-refractivity contribution >= 4 is 5.97 Å². The Kier molecular flexibility index (Phi) is 6.08. The van der Waals surface area contributed by atoms with Crippen LogP contribution in [-0.2, 0) is 15.1 Å². The fourth-order valence-corrected chi connectivity index (χ4v) is 2.10. The number of rotatable bonds is 7. The van der Waals surface area contributed by atoms with Gasteiger partial charge in [-0.2, -0.15) is 8.78 Å². The molecule has 1 unspecified atom stereocenters. The molecule has 0 N–H and O–H groups in total. The highest BCUT2D eigenvalue weighted by Gasteiger charge is 2.35. The van der Waals surface area contributed by atoms with Crippen LogP contribution in [-0.4, -0.2) is 38.2 Å². The lowest BCUT2D eigenvalue weighted by Gasteiger charge is -2.37. The van der Waals surface area contributed by atoms with Gasteiger partial charge in [-0.15, -0.1) is 0 Å².